The summed E-state index contributed by atoms with van der Waals surface area (Å²) in [7, 11) is 5.47. The summed E-state index contributed by atoms with van der Waals surface area (Å²) in [5.74, 6) is -0.377. The number of hydrogen-bond donors (Lipinski definition) is 2. The Morgan fingerprint density at radius 3 is 2.69 bits per heavy atom. The summed E-state index contributed by atoms with van der Waals surface area (Å²) in [5, 5.41) is 21.8. The molecule has 0 bridgehead atoms. The first kappa shape index (κ1) is 10.3. The van der Waals surface area contributed by atoms with Gasteiger partial charge in [0.05, 0.1) is 12.7 Å². The van der Waals surface area contributed by atoms with Crippen LogP contribution in [0.5, 0.6) is 0 Å². The fourth-order valence-electron chi connectivity index (χ4n) is 1.32. The van der Waals surface area contributed by atoms with Crippen molar-refractivity contribution < 1.29 is 14.9 Å². The van der Waals surface area contributed by atoms with E-state index in [1.165, 1.54) is 0 Å². The van der Waals surface area contributed by atoms with Gasteiger partial charge in [-0.2, -0.15) is 0 Å². The topological polar surface area (TPSA) is 98.5 Å². The zero-order valence-corrected chi connectivity index (χ0v) is 7.16. The largest absolute Gasteiger partial charge is 0.393 e. The van der Waals surface area contributed by atoms with Gasteiger partial charge in [0, 0.05) is 16.8 Å². The molecule has 4 atom stereocenters. The number of aliphatic hydroxyl groups is 2. The second kappa shape index (κ2) is 3.55. The number of azide groups is 1. The predicted molar refractivity (Wildman–Crippen MR) is 44.8 cm³/mol. The number of hydrogen-bond acceptors (Lipinski definition) is 4. The summed E-state index contributed by atoms with van der Waals surface area (Å²) in [6, 6.07) is -0.729. The van der Waals surface area contributed by atoms with E-state index in [9.17, 15) is 5.11 Å². The van der Waals surface area contributed by atoms with Crippen LogP contribution in [0.15, 0.2) is 5.11 Å². The monoisotopic (exact) mass is 183 g/mol. The van der Waals surface area contributed by atoms with Gasteiger partial charge in [0.15, 0.2) is 5.72 Å². The maximum atomic E-state index is 9.58. The van der Waals surface area contributed by atoms with Crippen LogP contribution in [0, 0.1) is 5.92 Å². The lowest BCUT2D eigenvalue weighted by Gasteiger charge is -2.24. The third-order valence-corrected chi connectivity index (χ3v) is 2.26. The second-order valence-electron chi connectivity index (χ2n) is 3.08. The van der Waals surface area contributed by atoms with Crippen molar-refractivity contribution in [1.29, 1.82) is 0 Å². The van der Waals surface area contributed by atoms with Crippen molar-refractivity contribution in [2.45, 2.75) is 24.8 Å². The van der Waals surface area contributed by atoms with Crippen LogP contribution in [-0.4, -0.2) is 42.5 Å². The number of ether oxygens (including phenoxy) is 1. The highest BCUT2D eigenvalue weighted by Gasteiger charge is 2.50. The molecule has 2 radical (unpaired) electrons. The van der Waals surface area contributed by atoms with Crippen LogP contribution in [-0.2, 0) is 4.74 Å². The van der Waals surface area contributed by atoms with Gasteiger partial charge < -0.3 is 14.9 Å². The zero-order chi connectivity index (χ0) is 10.1. The van der Waals surface area contributed by atoms with Crippen LogP contribution in [0.3, 0.4) is 0 Å². The molecule has 13 heavy (non-hydrogen) atoms. The molecule has 0 aromatic carbocycles. The minimum Gasteiger partial charge on any atom is -0.393 e. The fourth-order valence-corrected chi connectivity index (χ4v) is 1.32. The first-order chi connectivity index (χ1) is 6.07. The van der Waals surface area contributed by atoms with Gasteiger partial charge in [-0.25, -0.2) is 0 Å². The Hall–Kier alpha value is -0.745. The second-order valence-corrected chi connectivity index (χ2v) is 3.08. The lowest BCUT2D eigenvalue weighted by molar-refractivity contribution is -0.0930. The standard InChI is InChI=1S/C6H10BN3O3/c1-3-4(12)6(2-11,9-10-8)13-5(3)7/h3-5,11-12H,2H2,1H3. The number of nitrogens with zero attached hydrogens (tertiary/aromatic N) is 3. The van der Waals surface area contributed by atoms with E-state index in [4.69, 9.17) is 23.2 Å². The van der Waals surface area contributed by atoms with E-state index in [0.29, 0.717) is 0 Å². The SMILES string of the molecule is [B]C1OC(CO)(N=[N+]=[N-])C(O)C1C. The van der Waals surface area contributed by atoms with Crippen molar-refractivity contribution in [3.05, 3.63) is 10.4 Å². The average molecular weight is 183 g/mol. The fraction of sp³-hybridized carbons (Fsp3) is 1.00. The first-order valence-corrected chi connectivity index (χ1v) is 3.86. The van der Waals surface area contributed by atoms with Gasteiger partial charge in [-0.05, 0) is 5.53 Å². The van der Waals surface area contributed by atoms with Gasteiger partial charge in [-0.1, -0.05) is 12.0 Å². The molecule has 0 aromatic rings. The summed E-state index contributed by atoms with van der Waals surface area (Å²) in [5.41, 5.74) is 6.61. The van der Waals surface area contributed by atoms with Gasteiger partial charge in [-0.15, -0.1) is 0 Å². The van der Waals surface area contributed by atoms with Crippen molar-refractivity contribution >= 4 is 7.85 Å². The molecule has 0 amide bonds. The van der Waals surface area contributed by atoms with Gasteiger partial charge in [0.1, 0.15) is 7.85 Å². The van der Waals surface area contributed by atoms with E-state index in [1.54, 1.807) is 6.92 Å². The van der Waals surface area contributed by atoms with Crippen LogP contribution in [0.2, 0.25) is 0 Å². The maximum absolute atomic E-state index is 9.58. The Morgan fingerprint density at radius 2 is 2.38 bits per heavy atom. The Bertz CT molecular complexity index is 245. The van der Waals surface area contributed by atoms with Gasteiger partial charge in [0.25, 0.3) is 0 Å². The third kappa shape index (κ3) is 1.51. The minimum atomic E-state index is -1.62. The van der Waals surface area contributed by atoms with E-state index < -0.39 is 24.4 Å². The molecule has 2 N–H and O–H groups in total. The van der Waals surface area contributed by atoms with Gasteiger partial charge in [0.2, 0.25) is 0 Å². The lowest BCUT2D eigenvalue weighted by atomic mass is 9.85. The van der Waals surface area contributed by atoms with Crippen molar-refractivity contribution in [2.24, 2.45) is 11.0 Å². The summed E-state index contributed by atoms with van der Waals surface area (Å²) in [4.78, 5) is 2.50. The van der Waals surface area contributed by atoms with E-state index >= 15 is 0 Å². The summed E-state index contributed by atoms with van der Waals surface area (Å²) in [6.07, 6.45) is -1.08. The Kier molecular flexibility index (Phi) is 2.82. The van der Waals surface area contributed by atoms with Crippen LogP contribution in [0.25, 0.3) is 10.4 Å². The third-order valence-electron chi connectivity index (χ3n) is 2.26. The quantitative estimate of drug-likeness (QED) is 0.261. The molecular weight excluding hydrogens is 173 g/mol. The van der Waals surface area contributed by atoms with Crippen molar-refractivity contribution in [2.75, 3.05) is 6.61 Å². The molecule has 1 fully saturated rings. The highest BCUT2D eigenvalue weighted by atomic mass is 16.6. The molecule has 4 unspecified atom stereocenters. The van der Waals surface area contributed by atoms with Gasteiger partial charge in [-0.3, -0.25) is 0 Å². The molecule has 1 aliphatic heterocycles. The van der Waals surface area contributed by atoms with E-state index in [2.05, 4.69) is 10.0 Å². The van der Waals surface area contributed by atoms with Crippen LogP contribution >= 0.6 is 0 Å². The zero-order valence-electron chi connectivity index (χ0n) is 7.16. The molecule has 1 heterocycles. The Balaban J connectivity index is 2.95. The van der Waals surface area contributed by atoms with Crippen molar-refractivity contribution in [3.63, 3.8) is 0 Å². The molecule has 1 saturated heterocycles. The summed E-state index contributed by atoms with van der Waals surface area (Å²) >= 11 is 0. The van der Waals surface area contributed by atoms with E-state index in [0.717, 1.165) is 0 Å². The molecule has 1 rings (SSSR count). The van der Waals surface area contributed by atoms with Crippen molar-refractivity contribution in [3.8, 4) is 0 Å². The molecule has 0 saturated carbocycles. The molecule has 0 aromatic heterocycles. The molecule has 1 aliphatic rings. The molecule has 7 heteroatoms. The molecule has 0 spiro atoms. The normalized spacial score (nSPS) is 44.4. The average Bonchev–Trinajstić information content (AvgIpc) is 2.32. The molecule has 70 valence electrons. The number of aliphatic hydroxyl groups excluding tert-OH is 2. The molecular formula is C6H10BN3O3. The minimum absolute atomic E-state index is 0.377. The smallest absolute Gasteiger partial charge is 0.195 e. The van der Waals surface area contributed by atoms with E-state index in [-0.39, 0.29) is 5.92 Å². The number of rotatable bonds is 2. The van der Waals surface area contributed by atoms with Crippen LogP contribution in [0.4, 0.5) is 0 Å². The maximum Gasteiger partial charge on any atom is 0.195 e. The predicted octanol–water partition coefficient (Wildman–Crippen LogP) is -0.493. The summed E-state index contributed by atoms with van der Waals surface area (Å²) < 4.78 is 5.02. The molecule has 6 nitrogen and oxygen atoms in total. The van der Waals surface area contributed by atoms with E-state index in [1.807, 2.05) is 0 Å². The Labute approximate surface area is 76.5 Å². The molecule has 0 aliphatic carbocycles. The van der Waals surface area contributed by atoms with Crippen molar-refractivity contribution in [1.82, 2.24) is 0 Å². The summed E-state index contributed by atoms with van der Waals surface area (Å²) in [6.45, 7) is 1.07. The van der Waals surface area contributed by atoms with Crippen LogP contribution < -0.4 is 0 Å². The van der Waals surface area contributed by atoms with Crippen LogP contribution in [0.1, 0.15) is 6.92 Å². The lowest BCUT2D eigenvalue weighted by Crippen LogP contribution is -2.42. The highest BCUT2D eigenvalue weighted by Crippen LogP contribution is 2.34. The Morgan fingerprint density at radius 1 is 1.77 bits per heavy atom. The van der Waals surface area contributed by atoms with Gasteiger partial charge >= 0.3 is 0 Å². The first-order valence-electron chi connectivity index (χ1n) is 3.86. The highest BCUT2D eigenvalue weighted by molar-refractivity contribution is 6.11.